The Morgan fingerprint density at radius 3 is 2.46 bits per heavy atom. The second-order valence-corrected chi connectivity index (χ2v) is 6.92. The van der Waals surface area contributed by atoms with Crippen molar-refractivity contribution in [1.29, 1.82) is 0 Å². The Morgan fingerprint density at radius 1 is 0.964 bits per heavy atom. The van der Waals surface area contributed by atoms with Crippen LogP contribution in [-0.2, 0) is 6.54 Å². The molecule has 0 saturated carbocycles. The van der Waals surface area contributed by atoms with Crippen LogP contribution in [0.25, 0.3) is 0 Å². The summed E-state index contributed by atoms with van der Waals surface area (Å²) in [7, 11) is 0. The SMILES string of the molecule is C=CCSc1ccccc1C(=O)Nc1ccccc1C(=O)NCc1ccco1. The molecule has 0 spiro atoms. The highest BCUT2D eigenvalue weighted by Crippen LogP contribution is 2.24. The minimum Gasteiger partial charge on any atom is -0.467 e. The van der Waals surface area contributed by atoms with Gasteiger partial charge >= 0.3 is 0 Å². The fraction of sp³-hybridized carbons (Fsp3) is 0.0909. The molecule has 0 aliphatic heterocycles. The third-order valence-corrected chi connectivity index (χ3v) is 4.98. The second-order valence-electron chi connectivity index (χ2n) is 5.86. The van der Waals surface area contributed by atoms with Crippen molar-refractivity contribution in [3.63, 3.8) is 0 Å². The lowest BCUT2D eigenvalue weighted by Gasteiger charge is -2.13. The molecule has 1 aromatic heterocycles. The van der Waals surface area contributed by atoms with Crippen LogP contribution in [0.5, 0.6) is 0 Å². The number of thioether (sulfide) groups is 1. The number of anilines is 1. The number of rotatable bonds is 8. The van der Waals surface area contributed by atoms with Crippen LogP contribution in [0.15, 0.2) is 88.9 Å². The molecule has 1 heterocycles. The summed E-state index contributed by atoms with van der Waals surface area (Å²) in [5.41, 5.74) is 1.40. The summed E-state index contributed by atoms with van der Waals surface area (Å²) in [4.78, 5) is 26.2. The maximum absolute atomic E-state index is 12.8. The molecule has 0 bridgehead atoms. The van der Waals surface area contributed by atoms with E-state index in [-0.39, 0.29) is 18.4 Å². The number of nitrogens with one attached hydrogen (secondary N) is 2. The number of hydrogen-bond acceptors (Lipinski definition) is 4. The van der Waals surface area contributed by atoms with E-state index in [1.807, 2.05) is 18.2 Å². The second kappa shape index (κ2) is 9.62. The van der Waals surface area contributed by atoms with Gasteiger partial charge in [0.25, 0.3) is 11.8 Å². The maximum Gasteiger partial charge on any atom is 0.256 e. The lowest BCUT2D eigenvalue weighted by Crippen LogP contribution is -2.24. The molecule has 0 fully saturated rings. The van der Waals surface area contributed by atoms with Crippen LogP contribution in [0.1, 0.15) is 26.5 Å². The van der Waals surface area contributed by atoms with Crippen molar-refractivity contribution in [1.82, 2.24) is 5.32 Å². The van der Waals surface area contributed by atoms with Crippen LogP contribution >= 0.6 is 11.8 Å². The van der Waals surface area contributed by atoms with Crippen molar-refractivity contribution in [3.05, 3.63) is 96.5 Å². The van der Waals surface area contributed by atoms with Crippen molar-refractivity contribution in [2.75, 3.05) is 11.1 Å². The number of carbonyl (C=O) groups excluding carboxylic acids is 2. The third kappa shape index (κ3) is 4.92. The molecule has 0 unspecified atom stereocenters. The first-order valence-corrected chi connectivity index (χ1v) is 9.71. The van der Waals surface area contributed by atoms with Gasteiger partial charge < -0.3 is 15.1 Å². The number of furan rings is 1. The topological polar surface area (TPSA) is 71.3 Å². The van der Waals surface area contributed by atoms with E-state index in [1.54, 1.807) is 54.8 Å². The minimum atomic E-state index is -0.290. The molecule has 0 atom stereocenters. The van der Waals surface area contributed by atoms with Gasteiger partial charge in [0.1, 0.15) is 5.76 Å². The van der Waals surface area contributed by atoms with E-state index >= 15 is 0 Å². The third-order valence-electron chi connectivity index (χ3n) is 3.91. The lowest BCUT2D eigenvalue weighted by molar-refractivity contribution is 0.0949. The average Bonchev–Trinajstić information content (AvgIpc) is 3.24. The standard InChI is InChI=1S/C22H20N2O3S/c1-2-14-28-20-12-6-4-10-18(20)22(26)24-19-11-5-3-9-17(19)21(25)23-15-16-8-7-13-27-16/h2-13H,1,14-15H2,(H,23,25)(H,24,26). The van der Waals surface area contributed by atoms with Gasteiger partial charge in [-0.1, -0.05) is 30.3 Å². The summed E-state index contributed by atoms with van der Waals surface area (Å²) in [5.74, 6) is 0.805. The molecule has 6 heteroatoms. The number of hydrogen-bond donors (Lipinski definition) is 2. The Morgan fingerprint density at radius 2 is 1.71 bits per heavy atom. The number of para-hydroxylation sites is 1. The molecule has 0 saturated heterocycles. The Kier molecular flexibility index (Phi) is 6.70. The Bertz CT molecular complexity index is 967. The van der Waals surface area contributed by atoms with Crippen molar-refractivity contribution in [2.24, 2.45) is 0 Å². The van der Waals surface area contributed by atoms with E-state index in [0.29, 0.717) is 28.3 Å². The minimum absolute atomic E-state index is 0.265. The van der Waals surface area contributed by atoms with Crippen LogP contribution in [0.4, 0.5) is 5.69 Å². The van der Waals surface area contributed by atoms with Gasteiger partial charge in [-0.3, -0.25) is 9.59 Å². The molecule has 28 heavy (non-hydrogen) atoms. The first kappa shape index (κ1) is 19.5. The van der Waals surface area contributed by atoms with E-state index in [1.165, 1.54) is 11.8 Å². The monoisotopic (exact) mass is 392 g/mol. The summed E-state index contributed by atoms with van der Waals surface area (Å²) >= 11 is 1.53. The fourth-order valence-electron chi connectivity index (χ4n) is 2.58. The van der Waals surface area contributed by atoms with Crippen molar-refractivity contribution in [3.8, 4) is 0 Å². The summed E-state index contributed by atoms with van der Waals surface area (Å²) < 4.78 is 5.22. The van der Waals surface area contributed by atoms with E-state index < -0.39 is 0 Å². The highest BCUT2D eigenvalue weighted by atomic mass is 32.2. The lowest BCUT2D eigenvalue weighted by atomic mass is 10.1. The zero-order valence-corrected chi connectivity index (χ0v) is 16.0. The zero-order chi connectivity index (χ0) is 19.8. The summed E-state index contributed by atoms with van der Waals surface area (Å²) in [5, 5.41) is 5.65. The quantitative estimate of drug-likeness (QED) is 0.429. The smallest absolute Gasteiger partial charge is 0.256 e. The molecule has 2 amide bonds. The molecular weight excluding hydrogens is 372 g/mol. The van der Waals surface area contributed by atoms with Gasteiger partial charge in [0.15, 0.2) is 0 Å². The average molecular weight is 392 g/mol. The number of carbonyl (C=O) groups is 2. The van der Waals surface area contributed by atoms with Crippen molar-refractivity contribution in [2.45, 2.75) is 11.4 Å². The van der Waals surface area contributed by atoms with Gasteiger partial charge in [-0.2, -0.15) is 0 Å². The summed E-state index contributed by atoms with van der Waals surface area (Å²) in [6.07, 6.45) is 3.34. The predicted octanol–water partition coefficient (Wildman–Crippen LogP) is 4.74. The maximum atomic E-state index is 12.8. The summed E-state index contributed by atoms with van der Waals surface area (Å²) in [6.45, 7) is 3.99. The van der Waals surface area contributed by atoms with Gasteiger partial charge in [0.2, 0.25) is 0 Å². The Balaban J connectivity index is 1.75. The molecular formula is C22H20N2O3S. The van der Waals surface area contributed by atoms with E-state index in [9.17, 15) is 9.59 Å². The highest BCUT2D eigenvalue weighted by molar-refractivity contribution is 7.99. The largest absolute Gasteiger partial charge is 0.467 e. The predicted molar refractivity (Wildman–Crippen MR) is 112 cm³/mol. The molecule has 3 rings (SSSR count). The summed E-state index contributed by atoms with van der Waals surface area (Å²) in [6, 6.07) is 17.8. The van der Waals surface area contributed by atoms with E-state index in [0.717, 1.165) is 4.90 Å². The molecule has 3 aromatic rings. The van der Waals surface area contributed by atoms with Crippen molar-refractivity contribution < 1.29 is 14.0 Å². The molecule has 5 nitrogen and oxygen atoms in total. The van der Waals surface area contributed by atoms with Gasteiger partial charge in [0, 0.05) is 10.6 Å². The van der Waals surface area contributed by atoms with Crippen molar-refractivity contribution >= 4 is 29.3 Å². The van der Waals surface area contributed by atoms with Gasteiger partial charge in [-0.25, -0.2) is 0 Å². The number of benzene rings is 2. The molecule has 2 N–H and O–H groups in total. The first-order chi connectivity index (χ1) is 13.7. The van der Waals surface area contributed by atoms with Gasteiger partial charge in [0.05, 0.1) is 29.6 Å². The van der Waals surface area contributed by atoms with Crippen LogP contribution in [0.2, 0.25) is 0 Å². The van der Waals surface area contributed by atoms with Crippen LogP contribution in [0, 0.1) is 0 Å². The molecule has 2 aromatic carbocycles. The van der Waals surface area contributed by atoms with Gasteiger partial charge in [-0.15, -0.1) is 18.3 Å². The van der Waals surface area contributed by atoms with E-state index in [2.05, 4.69) is 17.2 Å². The molecule has 0 aliphatic carbocycles. The van der Waals surface area contributed by atoms with Crippen LogP contribution in [0.3, 0.4) is 0 Å². The van der Waals surface area contributed by atoms with Crippen LogP contribution in [-0.4, -0.2) is 17.6 Å². The fourth-order valence-corrected chi connectivity index (χ4v) is 3.37. The first-order valence-electron chi connectivity index (χ1n) is 8.72. The molecule has 0 radical (unpaired) electrons. The molecule has 0 aliphatic rings. The zero-order valence-electron chi connectivity index (χ0n) is 15.2. The molecule has 142 valence electrons. The number of amides is 2. The van der Waals surface area contributed by atoms with E-state index in [4.69, 9.17) is 4.42 Å². The van der Waals surface area contributed by atoms with Crippen LogP contribution < -0.4 is 10.6 Å². The Hall–Kier alpha value is -3.25. The highest BCUT2D eigenvalue weighted by Gasteiger charge is 2.16. The normalized spacial score (nSPS) is 10.3. The van der Waals surface area contributed by atoms with Gasteiger partial charge in [-0.05, 0) is 36.4 Å². The Labute approximate surface area is 167 Å².